The van der Waals surface area contributed by atoms with Gasteiger partial charge in [-0.15, -0.1) is 0 Å². The number of benzene rings is 1. The Labute approximate surface area is 166 Å². The Hall–Kier alpha value is -2.57. The second-order valence-electron chi connectivity index (χ2n) is 8.43. The molecule has 0 bridgehead atoms. The first-order chi connectivity index (χ1) is 13.3. The molecule has 7 nitrogen and oxygen atoms in total. The van der Waals surface area contributed by atoms with Gasteiger partial charge in [0.05, 0.1) is 6.42 Å². The molecule has 2 aliphatic heterocycles. The van der Waals surface area contributed by atoms with Gasteiger partial charge in [-0.3, -0.25) is 9.59 Å². The van der Waals surface area contributed by atoms with E-state index in [9.17, 15) is 14.4 Å². The highest BCUT2D eigenvalue weighted by atomic mass is 16.2. The number of amides is 4. The van der Waals surface area contributed by atoms with Crippen LogP contribution in [-0.2, 0) is 16.0 Å². The van der Waals surface area contributed by atoms with Crippen molar-refractivity contribution in [3.8, 4) is 0 Å². The van der Waals surface area contributed by atoms with Gasteiger partial charge in [0.25, 0.3) is 0 Å². The Morgan fingerprint density at radius 1 is 1.07 bits per heavy atom. The monoisotopic (exact) mass is 386 g/mol. The molecular formula is C21H30N4O3. The Balaban J connectivity index is 1.79. The highest BCUT2D eigenvalue weighted by Crippen LogP contribution is 2.34. The van der Waals surface area contributed by atoms with Crippen molar-refractivity contribution in [2.45, 2.75) is 32.7 Å². The number of nitrogens with zero attached hydrogens (tertiary/aromatic N) is 3. The van der Waals surface area contributed by atoms with Crippen LogP contribution in [0.15, 0.2) is 30.3 Å². The first-order valence-electron chi connectivity index (χ1n) is 9.89. The molecule has 1 aromatic carbocycles. The molecule has 7 heteroatoms. The molecule has 0 saturated carbocycles. The molecule has 3 rings (SSSR count). The molecule has 1 atom stereocenters. The standard InChI is InChI=1S/C21H30N4O3/c1-16(2)22-20(28)25-10-9-24(18(26)11-17-7-5-4-6-8-17)14-21(15-25)12-19(27)23(3)13-21/h4-8,16H,9-15H2,1-3H3,(H,22,28). The Morgan fingerprint density at radius 2 is 1.71 bits per heavy atom. The fourth-order valence-corrected chi connectivity index (χ4v) is 4.18. The number of urea groups is 1. The summed E-state index contributed by atoms with van der Waals surface area (Å²) in [7, 11) is 1.79. The van der Waals surface area contributed by atoms with Crippen molar-refractivity contribution in [2.75, 3.05) is 39.8 Å². The summed E-state index contributed by atoms with van der Waals surface area (Å²) in [6.45, 7) is 6.35. The van der Waals surface area contributed by atoms with Gasteiger partial charge >= 0.3 is 6.03 Å². The van der Waals surface area contributed by atoms with Crippen LogP contribution in [0.4, 0.5) is 4.79 Å². The van der Waals surface area contributed by atoms with Crippen LogP contribution in [-0.4, -0.2) is 78.4 Å². The average molecular weight is 386 g/mol. The van der Waals surface area contributed by atoms with Crippen LogP contribution in [0.2, 0.25) is 0 Å². The van der Waals surface area contributed by atoms with Gasteiger partial charge in [0, 0.05) is 57.6 Å². The quantitative estimate of drug-likeness (QED) is 0.852. The molecule has 2 heterocycles. The minimum Gasteiger partial charge on any atom is -0.345 e. The molecule has 1 spiro atoms. The maximum atomic E-state index is 13.0. The minimum atomic E-state index is -0.414. The third-order valence-electron chi connectivity index (χ3n) is 5.47. The summed E-state index contributed by atoms with van der Waals surface area (Å²) in [5, 5.41) is 2.94. The average Bonchev–Trinajstić information content (AvgIpc) is 2.79. The number of likely N-dealkylation sites (tertiary alicyclic amines) is 1. The van der Waals surface area contributed by atoms with E-state index in [1.54, 1.807) is 16.8 Å². The van der Waals surface area contributed by atoms with E-state index in [0.29, 0.717) is 45.6 Å². The molecule has 4 amide bonds. The number of nitrogens with one attached hydrogen (secondary N) is 1. The second-order valence-corrected chi connectivity index (χ2v) is 8.43. The van der Waals surface area contributed by atoms with Crippen molar-refractivity contribution >= 4 is 17.8 Å². The molecule has 1 aromatic rings. The molecule has 2 aliphatic rings. The lowest BCUT2D eigenvalue weighted by molar-refractivity contribution is -0.132. The molecule has 1 N–H and O–H groups in total. The predicted molar refractivity (Wildman–Crippen MR) is 107 cm³/mol. The Morgan fingerprint density at radius 3 is 2.32 bits per heavy atom. The number of hydrogen-bond acceptors (Lipinski definition) is 3. The molecule has 152 valence electrons. The van der Waals surface area contributed by atoms with Gasteiger partial charge in [-0.05, 0) is 19.4 Å². The first-order valence-corrected chi connectivity index (χ1v) is 9.89. The number of rotatable bonds is 3. The van der Waals surface area contributed by atoms with Gasteiger partial charge in [0.1, 0.15) is 0 Å². The molecule has 2 saturated heterocycles. The van der Waals surface area contributed by atoms with E-state index in [2.05, 4.69) is 5.32 Å². The largest absolute Gasteiger partial charge is 0.345 e. The summed E-state index contributed by atoms with van der Waals surface area (Å²) in [5.74, 6) is 0.111. The van der Waals surface area contributed by atoms with Crippen molar-refractivity contribution in [3.05, 3.63) is 35.9 Å². The maximum Gasteiger partial charge on any atom is 0.317 e. The van der Waals surface area contributed by atoms with E-state index in [1.807, 2.05) is 49.1 Å². The zero-order chi connectivity index (χ0) is 20.3. The van der Waals surface area contributed by atoms with Gasteiger partial charge in [0.2, 0.25) is 11.8 Å². The summed E-state index contributed by atoms with van der Waals surface area (Å²) in [4.78, 5) is 43.2. The van der Waals surface area contributed by atoms with Gasteiger partial charge in [-0.25, -0.2) is 4.79 Å². The number of hydrogen-bond donors (Lipinski definition) is 1. The fourth-order valence-electron chi connectivity index (χ4n) is 4.18. The van der Waals surface area contributed by atoms with Crippen molar-refractivity contribution in [1.29, 1.82) is 0 Å². The van der Waals surface area contributed by atoms with Gasteiger partial charge in [-0.1, -0.05) is 30.3 Å². The van der Waals surface area contributed by atoms with Crippen LogP contribution in [0.1, 0.15) is 25.8 Å². The second kappa shape index (κ2) is 8.20. The summed E-state index contributed by atoms with van der Waals surface area (Å²) in [6.07, 6.45) is 0.697. The first kappa shape index (κ1) is 20.2. The van der Waals surface area contributed by atoms with Crippen LogP contribution in [0.25, 0.3) is 0 Å². The van der Waals surface area contributed by atoms with Gasteiger partial charge in [0.15, 0.2) is 0 Å². The van der Waals surface area contributed by atoms with Gasteiger partial charge in [-0.2, -0.15) is 0 Å². The third-order valence-corrected chi connectivity index (χ3v) is 5.47. The zero-order valence-corrected chi connectivity index (χ0v) is 17.0. The highest BCUT2D eigenvalue weighted by Gasteiger charge is 2.47. The van der Waals surface area contributed by atoms with Crippen LogP contribution in [0.5, 0.6) is 0 Å². The Bertz CT molecular complexity index is 736. The molecule has 0 aromatic heterocycles. The molecule has 1 unspecified atom stereocenters. The number of carbonyl (C=O) groups excluding carboxylic acids is 3. The summed E-state index contributed by atoms with van der Waals surface area (Å²) in [5.41, 5.74) is 0.558. The molecule has 28 heavy (non-hydrogen) atoms. The van der Waals surface area contributed by atoms with Crippen molar-refractivity contribution in [2.24, 2.45) is 5.41 Å². The van der Waals surface area contributed by atoms with E-state index in [1.165, 1.54) is 0 Å². The normalized spacial score (nSPS) is 22.7. The lowest BCUT2D eigenvalue weighted by atomic mass is 9.86. The van der Waals surface area contributed by atoms with E-state index in [-0.39, 0.29) is 23.9 Å². The van der Waals surface area contributed by atoms with Crippen LogP contribution in [0.3, 0.4) is 0 Å². The zero-order valence-electron chi connectivity index (χ0n) is 17.0. The molecule has 0 aliphatic carbocycles. The van der Waals surface area contributed by atoms with Crippen LogP contribution >= 0.6 is 0 Å². The smallest absolute Gasteiger partial charge is 0.317 e. The van der Waals surface area contributed by atoms with Crippen molar-refractivity contribution < 1.29 is 14.4 Å². The topological polar surface area (TPSA) is 73.0 Å². The maximum absolute atomic E-state index is 13.0. The van der Waals surface area contributed by atoms with Crippen molar-refractivity contribution in [1.82, 2.24) is 20.0 Å². The third kappa shape index (κ3) is 4.64. The SMILES string of the molecule is CC(C)NC(=O)N1CCN(C(=O)Cc2ccccc2)CC2(CC(=O)N(C)C2)C1. The van der Waals surface area contributed by atoms with E-state index in [0.717, 1.165) is 5.56 Å². The molecule has 0 radical (unpaired) electrons. The summed E-state index contributed by atoms with van der Waals surface area (Å²) >= 11 is 0. The fraction of sp³-hybridized carbons (Fsp3) is 0.571. The lowest BCUT2D eigenvalue weighted by Crippen LogP contribution is -2.49. The van der Waals surface area contributed by atoms with E-state index in [4.69, 9.17) is 0 Å². The highest BCUT2D eigenvalue weighted by molar-refractivity contribution is 5.82. The minimum absolute atomic E-state index is 0.0374. The lowest BCUT2D eigenvalue weighted by Gasteiger charge is -2.33. The number of carbonyl (C=O) groups is 3. The van der Waals surface area contributed by atoms with E-state index < -0.39 is 5.41 Å². The summed E-state index contributed by atoms with van der Waals surface area (Å²) in [6, 6.07) is 9.58. The predicted octanol–water partition coefficient (Wildman–Crippen LogP) is 1.34. The van der Waals surface area contributed by atoms with Gasteiger partial charge < -0.3 is 20.0 Å². The van der Waals surface area contributed by atoms with Crippen molar-refractivity contribution in [3.63, 3.8) is 0 Å². The summed E-state index contributed by atoms with van der Waals surface area (Å²) < 4.78 is 0. The molecule has 2 fully saturated rings. The van der Waals surface area contributed by atoms with E-state index >= 15 is 0 Å². The van der Waals surface area contributed by atoms with Crippen LogP contribution < -0.4 is 5.32 Å². The Kier molecular flexibility index (Phi) is 5.91. The molecular weight excluding hydrogens is 356 g/mol. The van der Waals surface area contributed by atoms with Crippen LogP contribution in [0, 0.1) is 5.41 Å².